The fourth-order valence-electron chi connectivity index (χ4n) is 1.71. The third-order valence-corrected chi connectivity index (χ3v) is 3.87. The van der Waals surface area contributed by atoms with Crippen LogP contribution in [0.3, 0.4) is 0 Å². The van der Waals surface area contributed by atoms with Crippen molar-refractivity contribution >= 4 is 37.5 Å². The molecule has 0 radical (unpaired) electrons. The first-order valence-corrected chi connectivity index (χ1v) is 7.40. The standard InChI is InChI=1S/C14H14Br2N2O/c1-19-9-12-13(16)3-2-4-14(12)18-8-11-6-5-10(15)7-17-11/h2-7,18H,8-9H2,1H3. The Bertz CT molecular complexity index is 544. The van der Waals surface area contributed by atoms with Crippen LogP contribution in [0.15, 0.2) is 45.5 Å². The van der Waals surface area contributed by atoms with E-state index in [1.165, 1.54) is 0 Å². The van der Waals surface area contributed by atoms with Crippen LogP contribution >= 0.6 is 31.9 Å². The van der Waals surface area contributed by atoms with Gasteiger partial charge in [0.1, 0.15) is 0 Å². The Labute approximate surface area is 129 Å². The predicted molar refractivity (Wildman–Crippen MR) is 84.1 cm³/mol. The molecule has 1 aromatic heterocycles. The van der Waals surface area contributed by atoms with Gasteiger partial charge in [0.2, 0.25) is 0 Å². The maximum Gasteiger partial charge on any atom is 0.0744 e. The van der Waals surface area contributed by atoms with Crippen molar-refractivity contribution < 1.29 is 4.74 Å². The zero-order valence-electron chi connectivity index (χ0n) is 10.5. The molecule has 0 atom stereocenters. The minimum absolute atomic E-state index is 0.567. The van der Waals surface area contributed by atoms with Crippen molar-refractivity contribution in [3.05, 3.63) is 56.7 Å². The molecule has 2 aromatic rings. The summed E-state index contributed by atoms with van der Waals surface area (Å²) in [6.07, 6.45) is 1.80. The number of hydrogen-bond acceptors (Lipinski definition) is 3. The summed E-state index contributed by atoms with van der Waals surface area (Å²) in [4.78, 5) is 4.34. The van der Waals surface area contributed by atoms with Crippen molar-refractivity contribution in [3.63, 3.8) is 0 Å². The quantitative estimate of drug-likeness (QED) is 0.829. The van der Waals surface area contributed by atoms with E-state index in [1.54, 1.807) is 13.3 Å². The number of aromatic nitrogens is 1. The lowest BCUT2D eigenvalue weighted by Crippen LogP contribution is -2.05. The maximum atomic E-state index is 5.23. The van der Waals surface area contributed by atoms with Crippen LogP contribution in [0.25, 0.3) is 0 Å². The molecule has 0 bridgehead atoms. The van der Waals surface area contributed by atoms with Gasteiger partial charge in [-0.25, -0.2) is 0 Å². The van der Waals surface area contributed by atoms with E-state index in [0.717, 1.165) is 25.9 Å². The van der Waals surface area contributed by atoms with Crippen LogP contribution in [0, 0.1) is 0 Å². The van der Waals surface area contributed by atoms with Gasteiger partial charge in [0.25, 0.3) is 0 Å². The molecular formula is C14H14Br2N2O. The van der Waals surface area contributed by atoms with Gasteiger partial charge in [-0.05, 0) is 40.2 Å². The molecule has 3 nitrogen and oxygen atoms in total. The Morgan fingerprint density at radius 3 is 2.74 bits per heavy atom. The molecule has 1 heterocycles. The number of methoxy groups -OCH3 is 1. The van der Waals surface area contributed by atoms with Crippen molar-refractivity contribution in [2.24, 2.45) is 0 Å². The number of benzene rings is 1. The molecule has 2 rings (SSSR count). The average molecular weight is 386 g/mol. The Morgan fingerprint density at radius 2 is 2.05 bits per heavy atom. The molecule has 1 N–H and O–H groups in total. The summed E-state index contributed by atoms with van der Waals surface area (Å²) in [6, 6.07) is 10.0. The number of pyridine rings is 1. The number of hydrogen-bond donors (Lipinski definition) is 1. The number of ether oxygens (including phenoxy) is 1. The average Bonchev–Trinajstić information content (AvgIpc) is 2.41. The van der Waals surface area contributed by atoms with Crippen molar-refractivity contribution in [2.45, 2.75) is 13.2 Å². The van der Waals surface area contributed by atoms with E-state index in [1.807, 2.05) is 30.3 Å². The van der Waals surface area contributed by atoms with Gasteiger partial charge in [-0.1, -0.05) is 22.0 Å². The van der Waals surface area contributed by atoms with E-state index in [0.29, 0.717) is 13.2 Å². The first kappa shape index (κ1) is 14.5. The van der Waals surface area contributed by atoms with Gasteiger partial charge in [0.05, 0.1) is 18.8 Å². The molecule has 0 saturated heterocycles. The smallest absolute Gasteiger partial charge is 0.0744 e. The van der Waals surface area contributed by atoms with Gasteiger partial charge < -0.3 is 10.1 Å². The summed E-state index contributed by atoms with van der Waals surface area (Å²) < 4.78 is 7.25. The number of halogens is 2. The minimum Gasteiger partial charge on any atom is -0.380 e. The Morgan fingerprint density at radius 1 is 1.21 bits per heavy atom. The van der Waals surface area contributed by atoms with Crippen molar-refractivity contribution in [3.8, 4) is 0 Å². The van der Waals surface area contributed by atoms with Gasteiger partial charge in [-0.2, -0.15) is 0 Å². The Kier molecular flexibility index (Phi) is 5.36. The molecule has 5 heteroatoms. The third-order valence-electron chi connectivity index (χ3n) is 2.66. The number of rotatable bonds is 5. The lowest BCUT2D eigenvalue weighted by atomic mass is 10.2. The summed E-state index contributed by atoms with van der Waals surface area (Å²) in [5.41, 5.74) is 3.16. The van der Waals surface area contributed by atoms with Crippen LogP contribution in [0.1, 0.15) is 11.3 Å². The first-order valence-electron chi connectivity index (χ1n) is 5.81. The van der Waals surface area contributed by atoms with Gasteiger partial charge in [-0.15, -0.1) is 0 Å². The fourth-order valence-corrected chi connectivity index (χ4v) is 2.43. The highest BCUT2D eigenvalue weighted by Crippen LogP contribution is 2.25. The Balaban J connectivity index is 2.10. The van der Waals surface area contributed by atoms with E-state index in [4.69, 9.17) is 4.74 Å². The van der Waals surface area contributed by atoms with E-state index in [9.17, 15) is 0 Å². The van der Waals surface area contributed by atoms with Gasteiger partial charge in [-0.3, -0.25) is 4.98 Å². The second kappa shape index (κ2) is 7.03. The summed E-state index contributed by atoms with van der Waals surface area (Å²) in [5, 5.41) is 3.39. The molecule has 0 saturated carbocycles. The molecule has 0 spiro atoms. The van der Waals surface area contributed by atoms with Crippen molar-refractivity contribution in [2.75, 3.05) is 12.4 Å². The lowest BCUT2D eigenvalue weighted by Gasteiger charge is -2.13. The summed E-state index contributed by atoms with van der Waals surface area (Å²) in [7, 11) is 1.69. The van der Waals surface area contributed by atoms with Crippen LogP contribution in [-0.2, 0) is 17.9 Å². The van der Waals surface area contributed by atoms with Crippen molar-refractivity contribution in [1.29, 1.82) is 0 Å². The molecule has 0 unspecified atom stereocenters. The zero-order valence-corrected chi connectivity index (χ0v) is 13.7. The van der Waals surface area contributed by atoms with Crippen LogP contribution < -0.4 is 5.32 Å². The molecule has 0 aliphatic carbocycles. The zero-order chi connectivity index (χ0) is 13.7. The molecule has 0 fully saturated rings. The SMILES string of the molecule is COCc1c(Br)cccc1NCc1ccc(Br)cn1. The van der Waals surface area contributed by atoms with Gasteiger partial charge >= 0.3 is 0 Å². The lowest BCUT2D eigenvalue weighted by molar-refractivity contribution is 0.185. The van der Waals surface area contributed by atoms with Gasteiger partial charge in [0.15, 0.2) is 0 Å². The Hall–Kier alpha value is -0.910. The largest absolute Gasteiger partial charge is 0.380 e. The summed E-state index contributed by atoms with van der Waals surface area (Å²) in [5.74, 6) is 0. The highest BCUT2D eigenvalue weighted by Gasteiger charge is 2.06. The normalized spacial score (nSPS) is 10.5. The number of nitrogens with zero attached hydrogens (tertiary/aromatic N) is 1. The summed E-state index contributed by atoms with van der Waals surface area (Å²) in [6.45, 7) is 1.25. The number of anilines is 1. The van der Waals surface area contributed by atoms with E-state index < -0.39 is 0 Å². The van der Waals surface area contributed by atoms with Crippen molar-refractivity contribution in [1.82, 2.24) is 4.98 Å². The van der Waals surface area contributed by atoms with Crippen LogP contribution in [0.4, 0.5) is 5.69 Å². The molecule has 0 aliphatic heterocycles. The monoisotopic (exact) mass is 384 g/mol. The molecule has 19 heavy (non-hydrogen) atoms. The van der Waals surface area contributed by atoms with Crippen LogP contribution in [-0.4, -0.2) is 12.1 Å². The highest BCUT2D eigenvalue weighted by molar-refractivity contribution is 9.10. The third kappa shape index (κ3) is 4.03. The minimum atomic E-state index is 0.567. The second-order valence-corrected chi connectivity index (χ2v) is 5.79. The van der Waals surface area contributed by atoms with E-state index in [2.05, 4.69) is 42.2 Å². The fraction of sp³-hybridized carbons (Fsp3) is 0.214. The van der Waals surface area contributed by atoms with E-state index in [-0.39, 0.29) is 0 Å². The second-order valence-electron chi connectivity index (χ2n) is 4.02. The first-order chi connectivity index (χ1) is 9.20. The molecule has 0 aliphatic rings. The van der Waals surface area contributed by atoms with E-state index >= 15 is 0 Å². The molecule has 100 valence electrons. The van der Waals surface area contributed by atoms with Gasteiger partial charge in [0, 0.05) is 33.5 Å². The predicted octanol–water partition coefficient (Wildman–Crippen LogP) is 4.37. The summed E-state index contributed by atoms with van der Waals surface area (Å²) >= 11 is 6.92. The topological polar surface area (TPSA) is 34.1 Å². The molecule has 1 aromatic carbocycles. The van der Waals surface area contributed by atoms with Crippen LogP contribution in [0.5, 0.6) is 0 Å². The highest BCUT2D eigenvalue weighted by atomic mass is 79.9. The molecule has 0 amide bonds. The van der Waals surface area contributed by atoms with Crippen LogP contribution in [0.2, 0.25) is 0 Å². The number of nitrogens with one attached hydrogen (secondary N) is 1. The maximum absolute atomic E-state index is 5.23. The molecular weight excluding hydrogens is 372 g/mol.